The van der Waals surface area contributed by atoms with Crippen molar-refractivity contribution < 1.29 is 13.2 Å². The smallest absolute Gasteiger partial charge is 0.229 e. The molecule has 1 aromatic carbocycles. The molecule has 0 aliphatic carbocycles. The van der Waals surface area contributed by atoms with Crippen molar-refractivity contribution in [2.45, 2.75) is 19.3 Å². The van der Waals surface area contributed by atoms with Gasteiger partial charge in [0.15, 0.2) is 0 Å². The zero-order valence-electron chi connectivity index (χ0n) is 12.2. The lowest BCUT2D eigenvalue weighted by Gasteiger charge is -2.23. The van der Waals surface area contributed by atoms with Crippen molar-refractivity contribution in [1.82, 2.24) is 9.62 Å². The van der Waals surface area contributed by atoms with Crippen LogP contribution in [0.4, 0.5) is 0 Å². The number of likely N-dealkylation sites (N-methyl/N-ethyl adjacent to an activating group) is 1. The van der Waals surface area contributed by atoms with E-state index in [0.29, 0.717) is 13.0 Å². The van der Waals surface area contributed by atoms with E-state index in [1.165, 1.54) is 0 Å². The van der Waals surface area contributed by atoms with E-state index in [4.69, 9.17) is 0 Å². The molecule has 1 amide bonds. The molecule has 0 saturated heterocycles. The summed E-state index contributed by atoms with van der Waals surface area (Å²) in [6.45, 7) is 2.56. The molecule has 0 saturated carbocycles. The van der Waals surface area contributed by atoms with Crippen LogP contribution in [-0.2, 0) is 14.8 Å². The fraction of sp³-hybridized carbons (Fsp3) is 0.500. The van der Waals surface area contributed by atoms with Gasteiger partial charge in [-0.05, 0) is 12.0 Å². The van der Waals surface area contributed by atoms with E-state index in [0.717, 1.165) is 11.8 Å². The third-order valence-electron chi connectivity index (χ3n) is 3.10. The molecule has 5 nitrogen and oxygen atoms in total. The zero-order valence-corrected chi connectivity index (χ0v) is 13.0. The van der Waals surface area contributed by atoms with Crippen molar-refractivity contribution in [3.8, 4) is 0 Å². The predicted octanol–water partition coefficient (Wildman–Crippen LogP) is 1.19. The standard InChI is InChI=1S/C14H22N2O3S/c1-4-13(12-8-6-5-7-9-12)14(17)16(2)11-10-15-20(3,18)19/h5-9,13,15H,4,10-11H2,1-3H3. The minimum Gasteiger partial charge on any atom is -0.344 e. The molecule has 1 unspecified atom stereocenters. The fourth-order valence-corrected chi connectivity index (χ4v) is 2.48. The molecule has 1 atom stereocenters. The lowest BCUT2D eigenvalue weighted by molar-refractivity contribution is -0.131. The van der Waals surface area contributed by atoms with Crippen LogP contribution in [0.3, 0.4) is 0 Å². The number of benzene rings is 1. The summed E-state index contributed by atoms with van der Waals surface area (Å²) >= 11 is 0. The van der Waals surface area contributed by atoms with E-state index in [-0.39, 0.29) is 18.4 Å². The van der Waals surface area contributed by atoms with Gasteiger partial charge >= 0.3 is 0 Å². The van der Waals surface area contributed by atoms with Gasteiger partial charge in [0.2, 0.25) is 15.9 Å². The normalized spacial score (nSPS) is 12.9. The number of nitrogens with one attached hydrogen (secondary N) is 1. The lowest BCUT2D eigenvalue weighted by atomic mass is 9.95. The second kappa shape index (κ2) is 7.40. The molecule has 0 spiro atoms. The first-order valence-electron chi connectivity index (χ1n) is 6.59. The molecule has 0 bridgehead atoms. The Labute approximate surface area is 121 Å². The van der Waals surface area contributed by atoms with Crippen LogP contribution in [0.5, 0.6) is 0 Å². The van der Waals surface area contributed by atoms with Crippen LogP contribution in [0.15, 0.2) is 30.3 Å². The third kappa shape index (κ3) is 5.30. The second-order valence-electron chi connectivity index (χ2n) is 4.80. The van der Waals surface area contributed by atoms with Crippen molar-refractivity contribution in [3.05, 3.63) is 35.9 Å². The first kappa shape index (κ1) is 16.7. The maximum absolute atomic E-state index is 12.4. The highest BCUT2D eigenvalue weighted by Gasteiger charge is 2.21. The number of carbonyl (C=O) groups is 1. The number of rotatable bonds is 7. The lowest BCUT2D eigenvalue weighted by Crippen LogP contribution is -2.38. The first-order valence-corrected chi connectivity index (χ1v) is 8.49. The molecule has 20 heavy (non-hydrogen) atoms. The summed E-state index contributed by atoms with van der Waals surface area (Å²) in [5.41, 5.74) is 0.989. The highest BCUT2D eigenvalue weighted by atomic mass is 32.2. The molecular weight excluding hydrogens is 276 g/mol. The largest absolute Gasteiger partial charge is 0.344 e. The maximum Gasteiger partial charge on any atom is 0.229 e. The number of hydrogen-bond acceptors (Lipinski definition) is 3. The van der Waals surface area contributed by atoms with Gasteiger partial charge in [0.1, 0.15) is 0 Å². The Morgan fingerprint density at radius 2 is 1.90 bits per heavy atom. The van der Waals surface area contributed by atoms with Crippen molar-refractivity contribution in [3.63, 3.8) is 0 Å². The summed E-state index contributed by atoms with van der Waals surface area (Å²) in [4.78, 5) is 13.9. The summed E-state index contributed by atoms with van der Waals surface area (Å²) in [5.74, 6) is -0.173. The Kier molecular flexibility index (Phi) is 6.16. The summed E-state index contributed by atoms with van der Waals surface area (Å²) in [6, 6.07) is 9.62. The maximum atomic E-state index is 12.4. The molecule has 0 aliphatic rings. The molecule has 0 aliphatic heterocycles. The Bertz CT molecular complexity index is 529. The number of nitrogens with zero attached hydrogens (tertiary/aromatic N) is 1. The van der Waals surface area contributed by atoms with Gasteiger partial charge in [-0.25, -0.2) is 13.1 Å². The number of carbonyl (C=O) groups excluding carboxylic acids is 1. The molecule has 112 valence electrons. The molecule has 0 fully saturated rings. The van der Waals surface area contributed by atoms with Crippen LogP contribution in [0, 0.1) is 0 Å². The number of hydrogen-bond donors (Lipinski definition) is 1. The molecule has 6 heteroatoms. The highest BCUT2D eigenvalue weighted by molar-refractivity contribution is 7.88. The van der Waals surface area contributed by atoms with Crippen LogP contribution in [-0.4, -0.2) is 45.6 Å². The monoisotopic (exact) mass is 298 g/mol. The van der Waals surface area contributed by atoms with E-state index in [2.05, 4.69) is 4.72 Å². The van der Waals surface area contributed by atoms with Gasteiger partial charge in [-0.3, -0.25) is 4.79 Å². The van der Waals surface area contributed by atoms with Crippen LogP contribution in [0.2, 0.25) is 0 Å². The van der Waals surface area contributed by atoms with E-state index in [9.17, 15) is 13.2 Å². The summed E-state index contributed by atoms with van der Waals surface area (Å²) in [6.07, 6.45) is 1.82. The van der Waals surface area contributed by atoms with Gasteiger partial charge in [-0.2, -0.15) is 0 Å². The van der Waals surface area contributed by atoms with Crippen LogP contribution >= 0.6 is 0 Å². The van der Waals surface area contributed by atoms with Crippen molar-refractivity contribution in [1.29, 1.82) is 0 Å². The second-order valence-corrected chi connectivity index (χ2v) is 6.63. The Hall–Kier alpha value is -1.40. The van der Waals surface area contributed by atoms with E-state index >= 15 is 0 Å². The quantitative estimate of drug-likeness (QED) is 0.822. The van der Waals surface area contributed by atoms with Crippen molar-refractivity contribution in [2.24, 2.45) is 0 Å². The average Bonchev–Trinajstić information content (AvgIpc) is 2.39. The molecule has 0 aromatic heterocycles. The number of sulfonamides is 1. The van der Waals surface area contributed by atoms with Crippen molar-refractivity contribution in [2.75, 3.05) is 26.4 Å². The molecular formula is C14H22N2O3S. The van der Waals surface area contributed by atoms with E-state index < -0.39 is 10.0 Å². The molecule has 1 N–H and O–H groups in total. The Morgan fingerprint density at radius 3 is 2.40 bits per heavy atom. The topological polar surface area (TPSA) is 66.5 Å². The van der Waals surface area contributed by atoms with E-state index in [1.54, 1.807) is 11.9 Å². The van der Waals surface area contributed by atoms with Crippen LogP contribution < -0.4 is 4.72 Å². The van der Waals surface area contributed by atoms with E-state index in [1.807, 2.05) is 37.3 Å². The average molecular weight is 298 g/mol. The first-order chi connectivity index (χ1) is 9.35. The highest BCUT2D eigenvalue weighted by Crippen LogP contribution is 2.21. The molecule has 0 radical (unpaired) electrons. The Morgan fingerprint density at radius 1 is 1.30 bits per heavy atom. The minimum absolute atomic E-state index is 0.00833. The SMILES string of the molecule is CCC(C(=O)N(C)CCNS(C)(=O)=O)c1ccccc1. The summed E-state index contributed by atoms with van der Waals surface area (Å²) in [7, 11) is -1.52. The van der Waals surface area contributed by atoms with Gasteiger partial charge in [0.25, 0.3) is 0 Å². The molecule has 1 rings (SSSR count). The van der Waals surface area contributed by atoms with Gasteiger partial charge < -0.3 is 4.90 Å². The number of amides is 1. The zero-order chi connectivity index (χ0) is 15.2. The molecule has 0 heterocycles. The van der Waals surface area contributed by atoms with Gasteiger partial charge in [0.05, 0.1) is 12.2 Å². The Balaban J connectivity index is 2.63. The van der Waals surface area contributed by atoms with Gasteiger partial charge in [0, 0.05) is 20.1 Å². The minimum atomic E-state index is -3.21. The van der Waals surface area contributed by atoms with Crippen LogP contribution in [0.1, 0.15) is 24.8 Å². The van der Waals surface area contributed by atoms with Gasteiger partial charge in [-0.1, -0.05) is 37.3 Å². The van der Waals surface area contributed by atoms with Crippen molar-refractivity contribution >= 4 is 15.9 Å². The molecule has 1 aromatic rings. The van der Waals surface area contributed by atoms with Crippen LogP contribution in [0.25, 0.3) is 0 Å². The third-order valence-corrected chi connectivity index (χ3v) is 3.82. The summed E-state index contributed by atoms with van der Waals surface area (Å²) in [5, 5.41) is 0. The predicted molar refractivity (Wildman–Crippen MR) is 80.0 cm³/mol. The fourth-order valence-electron chi connectivity index (χ4n) is 2.01. The van der Waals surface area contributed by atoms with Gasteiger partial charge in [-0.15, -0.1) is 0 Å². The summed E-state index contributed by atoms with van der Waals surface area (Å²) < 4.78 is 24.3.